The zero-order valence-corrected chi connectivity index (χ0v) is 50.6. The second kappa shape index (κ2) is 29.0. The maximum Gasteiger partial charge on any atom is 0.260 e. The fourth-order valence-corrected chi connectivity index (χ4v) is 11.8. The van der Waals surface area contributed by atoms with Gasteiger partial charge in [-0.05, 0) is 153 Å². The highest BCUT2D eigenvalue weighted by atomic mass is 16.5. The summed E-state index contributed by atoms with van der Waals surface area (Å²) in [6, 6.07) is 21.7. The summed E-state index contributed by atoms with van der Waals surface area (Å²) < 4.78 is 23.6. The monoisotopic (exact) mass is 1190 g/mol. The molecule has 5 heterocycles. The van der Waals surface area contributed by atoms with Crippen LogP contribution in [0.1, 0.15) is 147 Å². The largest absolute Gasteiger partial charge is 0.497 e. The summed E-state index contributed by atoms with van der Waals surface area (Å²) in [5, 5.41) is 8.60. The van der Waals surface area contributed by atoms with Gasteiger partial charge in [-0.15, -0.1) is 0 Å². The number of hydrogen-bond acceptors (Lipinski definition) is 13. The predicted molar refractivity (Wildman–Crippen MR) is 331 cm³/mol. The van der Waals surface area contributed by atoms with Crippen molar-refractivity contribution in [3.8, 4) is 23.0 Å². The summed E-state index contributed by atoms with van der Waals surface area (Å²) in [4.78, 5) is 114. The molecule has 4 aromatic rings. The number of aryl methyl sites for hydroxylation is 2. The van der Waals surface area contributed by atoms with Gasteiger partial charge in [0, 0.05) is 99.3 Å². The van der Waals surface area contributed by atoms with Gasteiger partial charge in [0.05, 0.1) is 50.8 Å². The molecule has 0 saturated carbocycles. The molecule has 0 fully saturated rings. The van der Waals surface area contributed by atoms with Crippen LogP contribution >= 0.6 is 0 Å². The Morgan fingerprint density at radius 3 is 2.07 bits per heavy atom. The normalized spacial score (nSPS) is 17.3. The molecule has 0 radical (unpaired) electrons. The molecule has 458 valence electrons. The molecule has 0 saturated heterocycles. The molecule has 4 atom stereocenters. The Morgan fingerprint density at radius 2 is 1.38 bits per heavy atom. The Balaban J connectivity index is 0.732. The Hall–Kier alpha value is -8.87. The van der Waals surface area contributed by atoms with Crippen LogP contribution in [0.15, 0.2) is 102 Å². The number of fused-ring (bicyclic) bond motifs is 4. The molecule has 87 heavy (non-hydrogen) atoms. The van der Waals surface area contributed by atoms with Crippen molar-refractivity contribution in [2.45, 2.75) is 136 Å². The van der Waals surface area contributed by atoms with E-state index in [2.05, 4.69) is 16.0 Å². The summed E-state index contributed by atoms with van der Waals surface area (Å²) in [7, 11) is 3.24. The van der Waals surface area contributed by atoms with Gasteiger partial charge in [-0.2, -0.15) is 0 Å². The maximum absolute atomic E-state index is 14.2. The van der Waals surface area contributed by atoms with Crippen molar-refractivity contribution in [1.29, 1.82) is 0 Å². The van der Waals surface area contributed by atoms with Crippen molar-refractivity contribution < 1.29 is 57.3 Å². The van der Waals surface area contributed by atoms with Crippen LogP contribution in [0.5, 0.6) is 23.0 Å². The number of benzene rings is 4. The number of ether oxygens (including phenoxy) is 4. The molecule has 5 aliphatic rings. The van der Waals surface area contributed by atoms with Gasteiger partial charge >= 0.3 is 0 Å². The first-order valence-corrected chi connectivity index (χ1v) is 30.4. The van der Waals surface area contributed by atoms with E-state index >= 15 is 0 Å². The van der Waals surface area contributed by atoms with Gasteiger partial charge in [-0.1, -0.05) is 44.5 Å². The van der Waals surface area contributed by atoms with Crippen LogP contribution in [0.25, 0.3) is 11.1 Å². The van der Waals surface area contributed by atoms with Crippen LogP contribution in [-0.2, 0) is 35.2 Å². The Kier molecular flexibility index (Phi) is 20.9. The molecule has 9 rings (SSSR count). The van der Waals surface area contributed by atoms with E-state index in [1.165, 1.54) is 24.0 Å². The summed E-state index contributed by atoms with van der Waals surface area (Å²) in [6.45, 7) is 8.55. The van der Waals surface area contributed by atoms with Crippen molar-refractivity contribution in [3.63, 3.8) is 0 Å². The highest BCUT2D eigenvalue weighted by Gasteiger charge is 2.37. The van der Waals surface area contributed by atoms with Gasteiger partial charge in [0.1, 0.15) is 11.5 Å². The first kappa shape index (κ1) is 62.7. The average Bonchev–Trinajstić information content (AvgIpc) is 2.07. The van der Waals surface area contributed by atoms with Gasteiger partial charge in [-0.25, -0.2) is 0 Å². The van der Waals surface area contributed by atoms with E-state index in [9.17, 15) is 38.4 Å². The Bertz CT molecular complexity index is 3370. The van der Waals surface area contributed by atoms with E-state index in [0.29, 0.717) is 98.0 Å². The number of imide groups is 1. The number of unbranched alkanes of at least 4 members (excludes halogenated alkanes) is 4. The third-order valence-corrected chi connectivity index (χ3v) is 16.7. The van der Waals surface area contributed by atoms with Gasteiger partial charge in [0.25, 0.3) is 23.6 Å². The van der Waals surface area contributed by atoms with Crippen molar-refractivity contribution in [2.24, 2.45) is 16.8 Å². The van der Waals surface area contributed by atoms with E-state index in [0.717, 1.165) is 77.7 Å². The molecule has 7 amide bonds. The van der Waals surface area contributed by atoms with E-state index in [-0.39, 0.29) is 84.5 Å². The first-order valence-electron chi connectivity index (χ1n) is 30.4. The summed E-state index contributed by atoms with van der Waals surface area (Å²) in [5.41, 5.74) is 7.96. The van der Waals surface area contributed by atoms with Crippen LogP contribution in [-0.4, -0.2) is 127 Å². The standard InChI is InChI=1S/C68H79N7O12/c1-42(2)65(72-62(78)15-9-7-10-29-73-63(79)26-27-64(73)80)58(77)35-48(14-13-28-69-44(4)76)66(81)71-51-21-16-45(17-22-51)50-34-53-39-70-57-38-59(43(3)32-56(57)68(83)75(53)41-50)86-30-11-8-12-31-87-61-36-47-18-23-52-33-49(46-19-24-54(84-5)25-20-46)40-74(52)67(82)55(47)37-60(61)85-6/h16-17,19-22,24-27,32,36-42,48,52-53,65H,7-15,18,23,28-31,33-35H2,1-6H3,(H,69,76)(H,71,81)(H,72,78)/t48?,52-,53+,65?/m1/s1. The highest BCUT2D eigenvalue weighted by Crippen LogP contribution is 2.41. The van der Waals surface area contributed by atoms with E-state index < -0.39 is 12.0 Å². The molecule has 3 N–H and O–H groups in total. The van der Waals surface area contributed by atoms with Crippen molar-refractivity contribution in [3.05, 3.63) is 131 Å². The SMILES string of the molecule is COc1ccc(C2=CN3C(=O)c4cc(OC)c(OCCCCCOc5cc6c(cc5C)C(=O)N5C=C(c7ccc(NC(=O)C(CCCNC(C)=O)CC(=O)C(NC(=O)CCCCCN8C(=O)C=CC8=O)C(C)C)cc7)C[C@H]5C=N6)cc4CC[C@@H]3C2)cc1. The van der Waals surface area contributed by atoms with Crippen LogP contribution in [0.2, 0.25) is 0 Å². The molecular weight excluding hydrogens is 1110 g/mol. The Labute approximate surface area is 508 Å². The van der Waals surface area contributed by atoms with Gasteiger partial charge in [-0.3, -0.25) is 48.2 Å². The molecule has 0 aliphatic carbocycles. The lowest BCUT2D eigenvalue weighted by molar-refractivity contribution is -0.137. The number of nitrogens with one attached hydrogen (secondary N) is 3. The number of Topliss-reactive ketones (excluding diaryl/α,β-unsaturated/α-hetero) is 1. The van der Waals surface area contributed by atoms with Crippen molar-refractivity contribution in [2.75, 3.05) is 45.8 Å². The lowest BCUT2D eigenvalue weighted by atomic mass is 9.89. The van der Waals surface area contributed by atoms with E-state index in [1.54, 1.807) is 37.5 Å². The van der Waals surface area contributed by atoms with Crippen LogP contribution in [0.4, 0.5) is 11.4 Å². The third-order valence-electron chi connectivity index (χ3n) is 16.7. The van der Waals surface area contributed by atoms with Crippen LogP contribution in [0, 0.1) is 18.8 Å². The van der Waals surface area contributed by atoms with Gasteiger partial charge < -0.3 is 44.7 Å². The predicted octanol–water partition coefficient (Wildman–Crippen LogP) is 9.87. The minimum Gasteiger partial charge on any atom is -0.497 e. The summed E-state index contributed by atoms with van der Waals surface area (Å²) >= 11 is 0. The number of ketones is 1. The maximum atomic E-state index is 14.2. The Morgan fingerprint density at radius 1 is 0.713 bits per heavy atom. The second-order valence-corrected chi connectivity index (χ2v) is 23.3. The van der Waals surface area contributed by atoms with Gasteiger partial charge in [0.15, 0.2) is 17.3 Å². The number of rotatable bonds is 29. The number of nitrogens with zero attached hydrogens (tertiary/aromatic N) is 4. The third kappa shape index (κ3) is 15.6. The van der Waals surface area contributed by atoms with Crippen molar-refractivity contribution >= 4 is 75.9 Å². The molecular formula is C68H79N7O12. The summed E-state index contributed by atoms with van der Waals surface area (Å²) in [6.07, 6.45) is 15.9. The lowest BCUT2D eigenvalue weighted by Gasteiger charge is -2.24. The average molecular weight is 1190 g/mol. The fraction of sp³-hybridized carbons (Fsp3) is 0.426. The number of anilines is 1. The smallest absolute Gasteiger partial charge is 0.260 e. The molecule has 4 aromatic carbocycles. The first-order chi connectivity index (χ1) is 42.0. The molecule has 0 aromatic heterocycles. The molecule has 0 bridgehead atoms. The highest BCUT2D eigenvalue weighted by molar-refractivity contribution is 6.13. The number of aliphatic imine (C=N–C) groups is 1. The summed E-state index contributed by atoms with van der Waals surface area (Å²) in [5.74, 6) is -0.406. The fourth-order valence-electron chi connectivity index (χ4n) is 11.8. The zero-order valence-electron chi connectivity index (χ0n) is 50.6. The number of hydrogen-bond donors (Lipinski definition) is 3. The molecule has 0 spiro atoms. The van der Waals surface area contributed by atoms with Crippen LogP contribution in [0.3, 0.4) is 0 Å². The van der Waals surface area contributed by atoms with E-state index in [4.69, 9.17) is 23.9 Å². The molecule has 19 heteroatoms. The number of amides is 7. The zero-order chi connectivity index (χ0) is 61.7. The second-order valence-electron chi connectivity index (χ2n) is 23.3. The molecule has 2 unspecified atom stereocenters. The van der Waals surface area contributed by atoms with Crippen molar-refractivity contribution in [1.82, 2.24) is 25.3 Å². The lowest BCUT2D eigenvalue weighted by Crippen LogP contribution is -2.45. The van der Waals surface area contributed by atoms with Crippen LogP contribution < -0.4 is 34.9 Å². The van der Waals surface area contributed by atoms with E-state index in [1.807, 2.05) is 98.7 Å². The van der Waals surface area contributed by atoms with Gasteiger partial charge in [0.2, 0.25) is 17.7 Å². The molecule has 19 nitrogen and oxygen atoms in total. The number of carbonyl (C=O) groups is 8. The minimum atomic E-state index is -0.821. The molecule has 5 aliphatic heterocycles. The topological polar surface area (TPSA) is 232 Å². The number of methoxy groups -OCH3 is 2. The quantitative estimate of drug-likeness (QED) is 0.0341. The number of carbonyl (C=O) groups excluding carboxylic acids is 8. The minimum absolute atomic E-state index is 0.0321.